The molecule has 1 aliphatic heterocycles. The maximum absolute atomic E-state index is 8.52. The van der Waals surface area contributed by atoms with E-state index in [0.717, 1.165) is 38.2 Å². The number of oxime groups is 1. The van der Waals surface area contributed by atoms with Crippen LogP contribution in [0.15, 0.2) is 5.16 Å². The normalized spacial score (nSPS) is 20.1. The van der Waals surface area contributed by atoms with Gasteiger partial charge < -0.3 is 10.1 Å². The van der Waals surface area contributed by atoms with E-state index in [1.54, 1.807) is 0 Å². The zero-order valence-corrected chi connectivity index (χ0v) is 7.88. The molecule has 3 nitrogen and oxygen atoms in total. The molecular formula is C9H17N2O. The highest BCUT2D eigenvalue weighted by Crippen LogP contribution is 2.09. The van der Waals surface area contributed by atoms with E-state index in [1.807, 2.05) is 0 Å². The summed E-state index contributed by atoms with van der Waals surface area (Å²) in [6, 6.07) is 0. The van der Waals surface area contributed by atoms with Gasteiger partial charge in [0.2, 0.25) is 0 Å². The Hall–Kier alpha value is -0.570. The lowest BCUT2D eigenvalue weighted by Gasteiger charge is -2.28. The van der Waals surface area contributed by atoms with Gasteiger partial charge in [0.05, 0.1) is 5.71 Å². The summed E-state index contributed by atoms with van der Waals surface area (Å²) in [4.78, 5) is 2.39. The van der Waals surface area contributed by atoms with Gasteiger partial charge in [0.1, 0.15) is 0 Å². The molecule has 0 aliphatic carbocycles. The first-order valence-electron chi connectivity index (χ1n) is 4.43. The molecule has 0 aromatic carbocycles. The first-order chi connectivity index (χ1) is 5.72. The molecule has 69 valence electrons. The van der Waals surface area contributed by atoms with Gasteiger partial charge >= 0.3 is 0 Å². The van der Waals surface area contributed by atoms with E-state index in [-0.39, 0.29) is 0 Å². The van der Waals surface area contributed by atoms with E-state index in [1.165, 1.54) is 5.92 Å². The summed E-state index contributed by atoms with van der Waals surface area (Å²) in [5.74, 6) is 1.44. The summed E-state index contributed by atoms with van der Waals surface area (Å²) in [5, 5.41) is 11.8. The van der Waals surface area contributed by atoms with Gasteiger partial charge in [-0.05, 0) is 5.92 Å². The SMILES string of the molecule is C[C](C)CN1CCC(=NO)CC1. The van der Waals surface area contributed by atoms with Crippen molar-refractivity contribution in [2.45, 2.75) is 26.7 Å². The minimum atomic E-state index is 0.920. The Bertz CT molecular complexity index is 156. The highest BCUT2D eigenvalue weighted by Gasteiger charge is 2.15. The van der Waals surface area contributed by atoms with Crippen LogP contribution >= 0.6 is 0 Å². The Morgan fingerprint density at radius 1 is 1.42 bits per heavy atom. The maximum Gasteiger partial charge on any atom is 0.0596 e. The van der Waals surface area contributed by atoms with Gasteiger partial charge in [-0.25, -0.2) is 0 Å². The molecule has 1 heterocycles. The first kappa shape index (κ1) is 9.52. The van der Waals surface area contributed by atoms with Gasteiger partial charge in [0.25, 0.3) is 0 Å². The Kier molecular flexibility index (Phi) is 3.53. The molecule has 1 aliphatic rings. The number of piperidine rings is 1. The smallest absolute Gasteiger partial charge is 0.0596 e. The largest absolute Gasteiger partial charge is 0.411 e. The van der Waals surface area contributed by atoms with Crippen LogP contribution < -0.4 is 0 Å². The lowest BCUT2D eigenvalue weighted by atomic mass is 10.1. The van der Waals surface area contributed by atoms with Crippen LogP contribution in [0.25, 0.3) is 0 Å². The molecule has 1 saturated heterocycles. The highest BCUT2D eigenvalue weighted by molar-refractivity contribution is 5.84. The van der Waals surface area contributed by atoms with Crippen LogP contribution in [0.2, 0.25) is 0 Å². The fraction of sp³-hybridized carbons (Fsp3) is 0.778. The van der Waals surface area contributed by atoms with Gasteiger partial charge in [-0.2, -0.15) is 0 Å². The van der Waals surface area contributed by atoms with Crippen LogP contribution in [0.4, 0.5) is 0 Å². The average Bonchev–Trinajstić information content (AvgIpc) is 2.05. The molecule has 0 aromatic heterocycles. The van der Waals surface area contributed by atoms with E-state index < -0.39 is 0 Å². The minimum Gasteiger partial charge on any atom is -0.411 e. The van der Waals surface area contributed by atoms with Crippen molar-refractivity contribution in [3.63, 3.8) is 0 Å². The van der Waals surface area contributed by atoms with Crippen LogP contribution in [0.1, 0.15) is 26.7 Å². The second kappa shape index (κ2) is 4.45. The number of likely N-dealkylation sites (tertiary alicyclic amines) is 1. The Balaban J connectivity index is 2.26. The molecule has 1 rings (SSSR count). The van der Waals surface area contributed by atoms with E-state index in [0.29, 0.717) is 0 Å². The van der Waals surface area contributed by atoms with Crippen LogP contribution in [-0.4, -0.2) is 35.5 Å². The molecule has 3 heteroatoms. The van der Waals surface area contributed by atoms with Crippen molar-refractivity contribution in [2.24, 2.45) is 5.16 Å². The zero-order valence-electron chi connectivity index (χ0n) is 7.88. The lowest BCUT2D eigenvalue weighted by Crippen LogP contribution is -2.35. The maximum atomic E-state index is 8.52. The van der Waals surface area contributed by atoms with Crippen molar-refractivity contribution in [3.8, 4) is 0 Å². The van der Waals surface area contributed by atoms with Crippen LogP contribution in [0.5, 0.6) is 0 Å². The first-order valence-corrected chi connectivity index (χ1v) is 4.43. The molecule has 1 fully saturated rings. The van der Waals surface area contributed by atoms with Crippen molar-refractivity contribution in [1.29, 1.82) is 0 Å². The average molecular weight is 169 g/mol. The molecule has 12 heavy (non-hydrogen) atoms. The predicted molar refractivity (Wildman–Crippen MR) is 49.5 cm³/mol. The lowest BCUT2D eigenvalue weighted by molar-refractivity contribution is 0.271. The summed E-state index contributed by atoms with van der Waals surface area (Å²) in [5.41, 5.74) is 0.944. The van der Waals surface area contributed by atoms with Gasteiger partial charge in [-0.15, -0.1) is 0 Å². The number of hydrogen-bond donors (Lipinski definition) is 1. The van der Waals surface area contributed by atoms with Crippen LogP contribution in [0.3, 0.4) is 0 Å². The zero-order chi connectivity index (χ0) is 8.97. The molecule has 0 saturated carbocycles. The second-order valence-corrected chi connectivity index (χ2v) is 3.65. The third-order valence-electron chi connectivity index (χ3n) is 2.11. The number of hydrogen-bond acceptors (Lipinski definition) is 3. The monoisotopic (exact) mass is 169 g/mol. The van der Waals surface area contributed by atoms with E-state index in [9.17, 15) is 0 Å². The van der Waals surface area contributed by atoms with Crippen molar-refractivity contribution in [3.05, 3.63) is 5.92 Å². The van der Waals surface area contributed by atoms with Gasteiger partial charge in [-0.3, -0.25) is 0 Å². The summed E-state index contributed by atoms with van der Waals surface area (Å²) >= 11 is 0. The minimum absolute atomic E-state index is 0.920. The fourth-order valence-corrected chi connectivity index (χ4v) is 1.52. The van der Waals surface area contributed by atoms with Gasteiger partial charge in [0.15, 0.2) is 0 Å². The molecular weight excluding hydrogens is 152 g/mol. The van der Waals surface area contributed by atoms with Crippen molar-refractivity contribution >= 4 is 5.71 Å². The van der Waals surface area contributed by atoms with E-state index in [4.69, 9.17) is 5.21 Å². The molecule has 0 amide bonds. The van der Waals surface area contributed by atoms with Crippen molar-refractivity contribution < 1.29 is 5.21 Å². The Morgan fingerprint density at radius 2 is 2.00 bits per heavy atom. The van der Waals surface area contributed by atoms with Gasteiger partial charge in [-0.1, -0.05) is 19.0 Å². The molecule has 1 radical (unpaired) electrons. The van der Waals surface area contributed by atoms with E-state index >= 15 is 0 Å². The molecule has 0 bridgehead atoms. The summed E-state index contributed by atoms with van der Waals surface area (Å²) in [6.45, 7) is 7.44. The van der Waals surface area contributed by atoms with E-state index in [2.05, 4.69) is 23.9 Å². The topological polar surface area (TPSA) is 35.8 Å². The summed E-state index contributed by atoms with van der Waals surface area (Å²) in [6.07, 6.45) is 1.84. The standard InChI is InChI=1S/C9H17N2O/c1-8(2)7-11-5-3-9(10-12)4-6-11/h12H,3-7H2,1-2H3. The third-order valence-corrected chi connectivity index (χ3v) is 2.11. The fourth-order valence-electron chi connectivity index (χ4n) is 1.52. The molecule has 0 spiro atoms. The second-order valence-electron chi connectivity index (χ2n) is 3.65. The van der Waals surface area contributed by atoms with Crippen LogP contribution in [-0.2, 0) is 0 Å². The summed E-state index contributed by atoms with van der Waals surface area (Å²) < 4.78 is 0. The van der Waals surface area contributed by atoms with Crippen molar-refractivity contribution in [1.82, 2.24) is 4.90 Å². The predicted octanol–water partition coefficient (Wildman–Crippen LogP) is 1.53. The van der Waals surface area contributed by atoms with Crippen molar-refractivity contribution in [2.75, 3.05) is 19.6 Å². The highest BCUT2D eigenvalue weighted by atomic mass is 16.4. The quantitative estimate of drug-likeness (QED) is 0.502. The molecule has 0 unspecified atom stereocenters. The number of nitrogens with zero attached hydrogens (tertiary/aromatic N) is 2. The van der Waals surface area contributed by atoms with Gasteiger partial charge in [0, 0.05) is 32.5 Å². The molecule has 0 aromatic rings. The van der Waals surface area contributed by atoms with Crippen LogP contribution in [0, 0.1) is 5.92 Å². The summed E-state index contributed by atoms with van der Waals surface area (Å²) in [7, 11) is 0. The number of rotatable bonds is 2. The Labute approximate surface area is 74.1 Å². The Morgan fingerprint density at radius 3 is 2.42 bits per heavy atom. The third kappa shape index (κ3) is 2.81. The molecule has 1 N–H and O–H groups in total. The molecule has 0 atom stereocenters.